The van der Waals surface area contributed by atoms with Gasteiger partial charge in [-0.3, -0.25) is 19.6 Å². The summed E-state index contributed by atoms with van der Waals surface area (Å²) in [5.74, 6) is -0.875. The largest absolute Gasteiger partial charge is 0.301 e. The van der Waals surface area contributed by atoms with Gasteiger partial charge in [0.2, 0.25) is 11.8 Å². The van der Waals surface area contributed by atoms with Crippen molar-refractivity contribution in [1.82, 2.24) is 15.1 Å². The van der Waals surface area contributed by atoms with E-state index in [0.29, 0.717) is 18.4 Å². The minimum atomic E-state index is -0.365. The zero-order valence-electron chi connectivity index (χ0n) is 10.7. The number of rotatable bonds is 3. The van der Waals surface area contributed by atoms with E-state index in [4.69, 9.17) is 0 Å². The standard InChI is InChI=1S/C14H13N3O3/c18-7-6-17-8-9-2-1-3-10(13(9)16-17)11-4-5-12(19)15-14(11)20/h1-3,7-8,11H,4-6H2,(H,15,19,20). The summed E-state index contributed by atoms with van der Waals surface area (Å²) in [7, 11) is 0. The molecule has 2 heterocycles. The Morgan fingerprint density at radius 3 is 3.00 bits per heavy atom. The van der Waals surface area contributed by atoms with Gasteiger partial charge in [0.05, 0.1) is 18.0 Å². The normalized spacial score (nSPS) is 19.1. The third-order valence-electron chi connectivity index (χ3n) is 3.49. The van der Waals surface area contributed by atoms with Crippen LogP contribution in [0, 0.1) is 0 Å². The molecule has 0 spiro atoms. The number of benzene rings is 1. The smallest absolute Gasteiger partial charge is 0.234 e. The predicted molar refractivity (Wildman–Crippen MR) is 70.9 cm³/mol. The van der Waals surface area contributed by atoms with Gasteiger partial charge >= 0.3 is 0 Å². The highest BCUT2D eigenvalue weighted by molar-refractivity contribution is 6.02. The maximum Gasteiger partial charge on any atom is 0.234 e. The van der Waals surface area contributed by atoms with Crippen molar-refractivity contribution in [3.05, 3.63) is 30.0 Å². The maximum atomic E-state index is 12.0. The van der Waals surface area contributed by atoms with Crippen LogP contribution in [0.3, 0.4) is 0 Å². The quantitative estimate of drug-likeness (QED) is 0.660. The molecule has 1 fully saturated rings. The number of hydrogen-bond acceptors (Lipinski definition) is 4. The molecule has 3 rings (SSSR count). The number of nitrogens with one attached hydrogen (secondary N) is 1. The van der Waals surface area contributed by atoms with Gasteiger partial charge in [-0.1, -0.05) is 18.2 Å². The predicted octanol–water partition coefficient (Wildman–Crippen LogP) is 0.755. The van der Waals surface area contributed by atoms with E-state index in [9.17, 15) is 14.4 Å². The number of aromatic nitrogens is 2. The number of amides is 2. The Labute approximate surface area is 114 Å². The third-order valence-corrected chi connectivity index (χ3v) is 3.49. The van der Waals surface area contributed by atoms with Crippen LogP contribution in [0.5, 0.6) is 0 Å². The summed E-state index contributed by atoms with van der Waals surface area (Å²) in [5.41, 5.74) is 1.51. The Morgan fingerprint density at radius 1 is 1.40 bits per heavy atom. The molecule has 1 aromatic carbocycles. The van der Waals surface area contributed by atoms with Gasteiger partial charge in [-0.15, -0.1) is 0 Å². The average Bonchev–Trinajstić information content (AvgIpc) is 2.82. The van der Waals surface area contributed by atoms with E-state index >= 15 is 0 Å². The van der Waals surface area contributed by atoms with Gasteiger partial charge in [0.1, 0.15) is 6.29 Å². The molecule has 1 aliphatic heterocycles. The van der Waals surface area contributed by atoms with Crippen molar-refractivity contribution >= 4 is 29.0 Å². The first-order valence-corrected chi connectivity index (χ1v) is 6.42. The van der Waals surface area contributed by atoms with Crippen LogP contribution >= 0.6 is 0 Å². The summed E-state index contributed by atoms with van der Waals surface area (Å²) < 4.78 is 1.55. The molecule has 1 N–H and O–H groups in total. The van der Waals surface area contributed by atoms with Gasteiger partial charge in [0.15, 0.2) is 0 Å². The topological polar surface area (TPSA) is 81.1 Å². The second-order valence-electron chi connectivity index (χ2n) is 4.81. The molecule has 6 nitrogen and oxygen atoms in total. The van der Waals surface area contributed by atoms with Crippen molar-refractivity contribution < 1.29 is 14.4 Å². The van der Waals surface area contributed by atoms with Crippen LogP contribution in [-0.4, -0.2) is 27.9 Å². The van der Waals surface area contributed by atoms with Crippen molar-refractivity contribution in [2.75, 3.05) is 0 Å². The molecule has 0 saturated carbocycles. The van der Waals surface area contributed by atoms with E-state index in [2.05, 4.69) is 10.4 Å². The summed E-state index contributed by atoms with van der Waals surface area (Å²) in [5, 5.41) is 7.59. The van der Waals surface area contributed by atoms with E-state index in [0.717, 1.165) is 17.2 Å². The van der Waals surface area contributed by atoms with E-state index in [1.165, 1.54) is 0 Å². The molecule has 1 aliphatic rings. The molecule has 0 radical (unpaired) electrons. The van der Waals surface area contributed by atoms with Gasteiger partial charge in [0, 0.05) is 18.0 Å². The van der Waals surface area contributed by atoms with Crippen LogP contribution < -0.4 is 5.32 Å². The molecule has 6 heteroatoms. The monoisotopic (exact) mass is 271 g/mol. The molecule has 1 unspecified atom stereocenters. The third kappa shape index (κ3) is 2.09. The number of nitrogens with zero attached hydrogens (tertiary/aromatic N) is 2. The Kier molecular flexibility index (Phi) is 3.06. The number of piperidine rings is 1. The molecule has 1 saturated heterocycles. The van der Waals surface area contributed by atoms with Crippen molar-refractivity contribution in [1.29, 1.82) is 0 Å². The van der Waals surface area contributed by atoms with Gasteiger partial charge in [-0.25, -0.2) is 0 Å². The number of carbonyl (C=O) groups excluding carboxylic acids is 3. The highest BCUT2D eigenvalue weighted by Crippen LogP contribution is 2.30. The SMILES string of the molecule is O=CCn1cc2cccc(C3CCC(=O)NC3=O)c2n1. The fourth-order valence-corrected chi connectivity index (χ4v) is 2.56. The lowest BCUT2D eigenvalue weighted by Gasteiger charge is -2.21. The zero-order chi connectivity index (χ0) is 14.1. The molecule has 1 aromatic heterocycles. The first-order valence-electron chi connectivity index (χ1n) is 6.42. The van der Waals surface area contributed by atoms with Gasteiger partial charge in [0.25, 0.3) is 0 Å². The molecule has 0 aliphatic carbocycles. The molecule has 2 amide bonds. The number of carbonyl (C=O) groups is 3. The zero-order valence-corrected chi connectivity index (χ0v) is 10.7. The van der Waals surface area contributed by atoms with Crippen LogP contribution in [0.15, 0.2) is 24.4 Å². The second kappa shape index (κ2) is 4.88. The summed E-state index contributed by atoms with van der Waals surface area (Å²) >= 11 is 0. The van der Waals surface area contributed by atoms with Crippen molar-refractivity contribution in [2.45, 2.75) is 25.3 Å². The summed E-state index contributed by atoms with van der Waals surface area (Å²) in [4.78, 5) is 33.7. The lowest BCUT2D eigenvalue weighted by atomic mass is 9.89. The minimum absolute atomic E-state index is 0.184. The van der Waals surface area contributed by atoms with E-state index < -0.39 is 0 Å². The van der Waals surface area contributed by atoms with Gasteiger partial charge < -0.3 is 4.79 Å². The van der Waals surface area contributed by atoms with Crippen molar-refractivity contribution in [3.63, 3.8) is 0 Å². The lowest BCUT2D eigenvalue weighted by molar-refractivity contribution is -0.134. The molecule has 2 aromatic rings. The van der Waals surface area contributed by atoms with E-state index in [1.807, 2.05) is 18.2 Å². The van der Waals surface area contributed by atoms with Crippen LogP contribution in [0.25, 0.3) is 10.9 Å². The molecule has 0 bridgehead atoms. The first-order chi connectivity index (χ1) is 9.69. The van der Waals surface area contributed by atoms with Crippen molar-refractivity contribution in [3.8, 4) is 0 Å². The van der Waals surface area contributed by atoms with Crippen LogP contribution in [0.4, 0.5) is 0 Å². The molecular weight excluding hydrogens is 258 g/mol. The second-order valence-corrected chi connectivity index (χ2v) is 4.81. The summed E-state index contributed by atoms with van der Waals surface area (Å²) in [6.45, 7) is 0.184. The van der Waals surface area contributed by atoms with Crippen molar-refractivity contribution in [2.24, 2.45) is 0 Å². The summed E-state index contributed by atoms with van der Waals surface area (Å²) in [6, 6.07) is 5.59. The number of aldehydes is 1. The maximum absolute atomic E-state index is 12.0. The van der Waals surface area contributed by atoms with Gasteiger partial charge in [-0.2, -0.15) is 5.10 Å². The number of hydrogen-bond donors (Lipinski definition) is 1. The molecule has 102 valence electrons. The Balaban J connectivity index is 2.04. The van der Waals surface area contributed by atoms with E-state index in [1.54, 1.807) is 10.9 Å². The highest BCUT2D eigenvalue weighted by atomic mass is 16.2. The summed E-state index contributed by atoms with van der Waals surface area (Å²) in [6.07, 6.45) is 3.38. The average molecular weight is 271 g/mol. The van der Waals surface area contributed by atoms with Crippen LogP contribution in [0.1, 0.15) is 24.3 Å². The van der Waals surface area contributed by atoms with Crippen LogP contribution in [0.2, 0.25) is 0 Å². The lowest BCUT2D eigenvalue weighted by Crippen LogP contribution is -2.39. The van der Waals surface area contributed by atoms with Crippen LogP contribution in [-0.2, 0) is 20.9 Å². The molecular formula is C14H13N3O3. The Morgan fingerprint density at radius 2 is 2.25 bits per heavy atom. The highest BCUT2D eigenvalue weighted by Gasteiger charge is 2.29. The Hall–Kier alpha value is -2.50. The molecule has 1 atom stereocenters. The fourth-order valence-electron chi connectivity index (χ4n) is 2.56. The molecule has 20 heavy (non-hydrogen) atoms. The van der Waals surface area contributed by atoms with Gasteiger partial charge in [-0.05, 0) is 12.0 Å². The number of fused-ring (bicyclic) bond motifs is 1. The fraction of sp³-hybridized carbons (Fsp3) is 0.286. The number of imide groups is 1. The Bertz CT molecular complexity index is 705. The van der Waals surface area contributed by atoms with E-state index in [-0.39, 0.29) is 24.3 Å². The minimum Gasteiger partial charge on any atom is -0.301 e. The first kappa shape index (κ1) is 12.5.